The van der Waals surface area contributed by atoms with Gasteiger partial charge in [0.15, 0.2) is 0 Å². The SMILES string of the molecule is CC[C@H](C(=O)OC(C)(C)C)N1CCN(C(c2ccccc2)c2ccccc2)CC1. The summed E-state index contributed by atoms with van der Waals surface area (Å²) in [5.41, 5.74) is 2.18. The molecular weight excluding hydrogens is 360 g/mol. The zero-order valence-corrected chi connectivity index (χ0v) is 18.2. The van der Waals surface area contributed by atoms with Crippen LogP contribution in [0, 0.1) is 0 Å². The van der Waals surface area contributed by atoms with E-state index in [9.17, 15) is 4.79 Å². The van der Waals surface area contributed by atoms with Crippen LogP contribution in [0.15, 0.2) is 60.7 Å². The van der Waals surface area contributed by atoms with Gasteiger partial charge >= 0.3 is 5.97 Å². The highest BCUT2D eigenvalue weighted by Crippen LogP contribution is 2.30. The number of nitrogens with zero attached hydrogens (tertiary/aromatic N) is 2. The van der Waals surface area contributed by atoms with Gasteiger partial charge in [-0.25, -0.2) is 0 Å². The van der Waals surface area contributed by atoms with E-state index in [2.05, 4.69) is 77.4 Å². The molecule has 29 heavy (non-hydrogen) atoms. The van der Waals surface area contributed by atoms with Crippen LogP contribution < -0.4 is 0 Å². The number of carbonyl (C=O) groups excluding carboxylic acids is 1. The molecule has 0 radical (unpaired) electrons. The fraction of sp³-hybridized carbons (Fsp3) is 0.480. The predicted molar refractivity (Wildman–Crippen MR) is 118 cm³/mol. The molecule has 0 aliphatic carbocycles. The summed E-state index contributed by atoms with van der Waals surface area (Å²) in [5.74, 6) is -0.101. The maximum atomic E-state index is 12.7. The third-order valence-electron chi connectivity index (χ3n) is 5.45. The Labute approximate surface area is 175 Å². The molecule has 0 aromatic heterocycles. The van der Waals surface area contributed by atoms with Crippen molar-refractivity contribution >= 4 is 5.97 Å². The molecule has 1 aliphatic rings. The topological polar surface area (TPSA) is 32.8 Å². The van der Waals surface area contributed by atoms with Crippen molar-refractivity contribution in [1.29, 1.82) is 0 Å². The average Bonchev–Trinajstić information content (AvgIpc) is 2.70. The zero-order chi connectivity index (χ0) is 20.9. The van der Waals surface area contributed by atoms with E-state index in [-0.39, 0.29) is 18.1 Å². The van der Waals surface area contributed by atoms with Gasteiger partial charge in [0.25, 0.3) is 0 Å². The number of benzene rings is 2. The number of ether oxygens (including phenoxy) is 1. The number of hydrogen-bond acceptors (Lipinski definition) is 4. The maximum absolute atomic E-state index is 12.7. The maximum Gasteiger partial charge on any atom is 0.323 e. The normalized spacial score (nSPS) is 17.3. The van der Waals surface area contributed by atoms with Crippen LogP contribution in [0.25, 0.3) is 0 Å². The second-order valence-electron chi connectivity index (χ2n) is 8.75. The highest BCUT2D eigenvalue weighted by atomic mass is 16.6. The van der Waals surface area contributed by atoms with Crippen molar-refractivity contribution in [2.24, 2.45) is 0 Å². The number of rotatable bonds is 6. The Kier molecular flexibility index (Phi) is 7.09. The van der Waals surface area contributed by atoms with Gasteiger partial charge in [0, 0.05) is 26.2 Å². The molecule has 0 bridgehead atoms. The van der Waals surface area contributed by atoms with Gasteiger partial charge in [0.05, 0.1) is 6.04 Å². The Hall–Kier alpha value is -2.17. The van der Waals surface area contributed by atoms with Gasteiger partial charge in [-0.05, 0) is 38.3 Å². The Morgan fingerprint density at radius 3 is 1.72 bits per heavy atom. The summed E-state index contributed by atoms with van der Waals surface area (Å²) < 4.78 is 5.66. The van der Waals surface area contributed by atoms with E-state index in [0.29, 0.717) is 0 Å². The Morgan fingerprint density at radius 1 is 0.862 bits per heavy atom. The van der Waals surface area contributed by atoms with E-state index in [4.69, 9.17) is 4.74 Å². The molecule has 2 aromatic rings. The van der Waals surface area contributed by atoms with Crippen molar-refractivity contribution in [3.8, 4) is 0 Å². The van der Waals surface area contributed by atoms with Crippen molar-refractivity contribution < 1.29 is 9.53 Å². The van der Waals surface area contributed by atoms with Crippen molar-refractivity contribution in [3.63, 3.8) is 0 Å². The number of esters is 1. The Bertz CT molecular complexity index is 723. The molecule has 156 valence electrons. The van der Waals surface area contributed by atoms with Crippen molar-refractivity contribution in [3.05, 3.63) is 71.8 Å². The fourth-order valence-corrected chi connectivity index (χ4v) is 4.14. The number of hydrogen-bond donors (Lipinski definition) is 0. The monoisotopic (exact) mass is 394 g/mol. The molecular formula is C25H34N2O2. The highest BCUT2D eigenvalue weighted by molar-refractivity contribution is 5.76. The first kappa shape index (κ1) is 21.5. The van der Waals surface area contributed by atoms with Gasteiger partial charge in [0.1, 0.15) is 11.6 Å². The summed E-state index contributed by atoms with van der Waals surface area (Å²) in [4.78, 5) is 17.5. The molecule has 1 aliphatic heterocycles. The molecule has 1 heterocycles. The minimum atomic E-state index is -0.446. The minimum absolute atomic E-state index is 0.101. The van der Waals surface area contributed by atoms with Crippen LogP contribution in [-0.2, 0) is 9.53 Å². The molecule has 0 saturated carbocycles. The van der Waals surface area contributed by atoms with Crippen LogP contribution in [0.4, 0.5) is 0 Å². The average molecular weight is 395 g/mol. The lowest BCUT2D eigenvalue weighted by Crippen LogP contribution is -2.54. The summed E-state index contributed by atoms with van der Waals surface area (Å²) in [6.45, 7) is 11.4. The Balaban J connectivity index is 1.72. The predicted octanol–water partition coefficient (Wildman–Crippen LogP) is 4.51. The van der Waals surface area contributed by atoms with E-state index >= 15 is 0 Å². The summed E-state index contributed by atoms with van der Waals surface area (Å²) in [5, 5.41) is 0. The lowest BCUT2D eigenvalue weighted by Gasteiger charge is -2.42. The van der Waals surface area contributed by atoms with Gasteiger partial charge in [-0.3, -0.25) is 14.6 Å². The van der Waals surface area contributed by atoms with Gasteiger partial charge in [0.2, 0.25) is 0 Å². The molecule has 3 rings (SSSR count). The summed E-state index contributed by atoms with van der Waals surface area (Å²) >= 11 is 0. The molecule has 0 unspecified atom stereocenters. The van der Waals surface area contributed by atoms with E-state index in [1.54, 1.807) is 0 Å². The van der Waals surface area contributed by atoms with Gasteiger partial charge in [-0.15, -0.1) is 0 Å². The van der Waals surface area contributed by atoms with Crippen LogP contribution in [0.2, 0.25) is 0 Å². The van der Waals surface area contributed by atoms with Crippen LogP contribution in [0.1, 0.15) is 51.3 Å². The van der Waals surface area contributed by atoms with Gasteiger partial charge < -0.3 is 4.74 Å². The summed E-state index contributed by atoms with van der Waals surface area (Å²) in [7, 11) is 0. The van der Waals surface area contributed by atoms with Crippen LogP contribution >= 0.6 is 0 Å². The first-order valence-electron chi connectivity index (χ1n) is 10.7. The standard InChI is InChI=1S/C25H34N2O2/c1-5-22(24(28)29-25(2,3)4)26-16-18-27(19-17-26)23(20-12-8-6-9-13-20)21-14-10-7-11-15-21/h6-15,22-23H,5,16-19H2,1-4H3/t22-/m1/s1. The molecule has 0 N–H and O–H groups in total. The third-order valence-corrected chi connectivity index (χ3v) is 5.45. The second-order valence-corrected chi connectivity index (χ2v) is 8.75. The van der Waals surface area contributed by atoms with Crippen LogP contribution in [0.5, 0.6) is 0 Å². The quantitative estimate of drug-likeness (QED) is 0.675. The first-order valence-corrected chi connectivity index (χ1v) is 10.7. The highest BCUT2D eigenvalue weighted by Gasteiger charge is 2.33. The summed E-state index contributed by atoms with van der Waals surface area (Å²) in [6.07, 6.45) is 0.774. The lowest BCUT2D eigenvalue weighted by molar-refractivity contribution is -0.162. The number of carbonyl (C=O) groups is 1. The largest absolute Gasteiger partial charge is 0.459 e. The lowest BCUT2D eigenvalue weighted by atomic mass is 9.96. The van der Waals surface area contributed by atoms with Gasteiger partial charge in [-0.1, -0.05) is 67.6 Å². The van der Waals surface area contributed by atoms with E-state index in [1.165, 1.54) is 11.1 Å². The molecule has 0 amide bonds. The fourth-order valence-electron chi connectivity index (χ4n) is 4.14. The van der Waals surface area contributed by atoms with Crippen LogP contribution in [0.3, 0.4) is 0 Å². The first-order chi connectivity index (χ1) is 13.9. The number of piperazine rings is 1. The smallest absolute Gasteiger partial charge is 0.323 e. The molecule has 1 fully saturated rings. The molecule has 2 aromatic carbocycles. The minimum Gasteiger partial charge on any atom is -0.459 e. The van der Waals surface area contributed by atoms with Crippen molar-refractivity contribution in [2.45, 2.75) is 51.8 Å². The molecule has 1 atom stereocenters. The van der Waals surface area contributed by atoms with E-state index in [0.717, 1.165) is 32.6 Å². The van der Waals surface area contributed by atoms with Gasteiger partial charge in [-0.2, -0.15) is 0 Å². The molecule has 0 spiro atoms. The van der Waals surface area contributed by atoms with Crippen LogP contribution in [-0.4, -0.2) is 53.6 Å². The van der Waals surface area contributed by atoms with Crippen molar-refractivity contribution in [1.82, 2.24) is 9.80 Å². The Morgan fingerprint density at radius 2 is 1.31 bits per heavy atom. The zero-order valence-electron chi connectivity index (χ0n) is 18.2. The molecule has 1 saturated heterocycles. The summed E-state index contributed by atoms with van der Waals surface area (Å²) in [6, 6.07) is 21.5. The third kappa shape index (κ3) is 5.68. The second kappa shape index (κ2) is 9.55. The molecule has 4 nitrogen and oxygen atoms in total. The van der Waals surface area contributed by atoms with E-state index in [1.807, 2.05) is 20.8 Å². The van der Waals surface area contributed by atoms with Crippen molar-refractivity contribution in [2.75, 3.05) is 26.2 Å². The van der Waals surface area contributed by atoms with E-state index < -0.39 is 5.60 Å². The molecule has 4 heteroatoms.